The third-order valence-electron chi connectivity index (χ3n) is 0.966. The van der Waals surface area contributed by atoms with Crippen molar-refractivity contribution in [2.45, 2.75) is 19.3 Å². The van der Waals surface area contributed by atoms with Gasteiger partial charge in [0.25, 0.3) is 0 Å². The zero-order valence-electron chi connectivity index (χ0n) is 5.74. The third kappa shape index (κ3) is 15.4. The molecule has 0 unspecified atom stereocenters. The van der Waals surface area contributed by atoms with Gasteiger partial charge in [0.1, 0.15) is 12.2 Å². The molecule has 0 atom stereocenters. The molecular weight excluding hydrogens is 198 g/mol. The van der Waals surface area contributed by atoms with Crippen molar-refractivity contribution in [3.05, 3.63) is 0 Å². The Morgan fingerprint density at radius 2 is 1.31 bits per heavy atom. The summed E-state index contributed by atoms with van der Waals surface area (Å²) in [5.41, 5.74) is 0. The Kier molecular flexibility index (Phi) is 15.8. The van der Waals surface area contributed by atoms with Crippen LogP contribution >= 0.6 is 0 Å². The molecule has 0 fully saturated rings. The van der Waals surface area contributed by atoms with Gasteiger partial charge in [0.2, 0.25) is 0 Å². The number of Topliss-reactive ketones (excluding diaryl/α,β-unsaturated/α-hetero) is 1. The van der Waals surface area contributed by atoms with Gasteiger partial charge in [-0.1, -0.05) is 0 Å². The Labute approximate surface area is 119 Å². The van der Waals surface area contributed by atoms with Crippen molar-refractivity contribution >= 4 is 76.8 Å². The first kappa shape index (κ1) is 19.2. The van der Waals surface area contributed by atoms with Gasteiger partial charge in [0, 0.05) is 6.42 Å². The van der Waals surface area contributed by atoms with E-state index in [-0.39, 0.29) is 72.0 Å². The number of hydrogen-bond acceptors (Lipinski definition) is 3. The number of rotatable bonds is 5. The summed E-state index contributed by atoms with van der Waals surface area (Å²) in [6.45, 7) is 0. The Bertz CT molecular complexity index is 191. The Balaban J connectivity index is -0.000000500. The van der Waals surface area contributed by atoms with Crippen LogP contribution in [0.4, 0.5) is 0 Å². The van der Waals surface area contributed by atoms with Crippen LogP contribution in [0.5, 0.6) is 0 Å². The van der Waals surface area contributed by atoms with Crippen LogP contribution in [0.3, 0.4) is 0 Å². The molecule has 0 saturated heterocycles. The first-order valence-corrected chi connectivity index (χ1v) is 2.97. The van der Waals surface area contributed by atoms with Crippen molar-refractivity contribution in [3.63, 3.8) is 0 Å². The molecule has 0 aromatic carbocycles. The van der Waals surface area contributed by atoms with E-state index in [1.165, 1.54) is 0 Å². The van der Waals surface area contributed by atoms with Crippen molar-refractivity contribution < 1.29 is 24.6 Å². The molecule has 0 saturated carbocycles. The number of carbonyl (C=O) groups excluding carboxylic acids is 1. The molecule has 0 rings (SSSR count). The molecule has 7 heteroatoms. The fourth-order valence-corrected chi connectivity index (χ4v) is 0.503. The summed E-state index contributed by atoms with van der Waals surface area (Å²) in [4.78, 5) is 30.3. The van der Waals surface area contributed by atoms with E-state index in [9.17, 15) is 14.4 Å². The molecule has 66 valence electrons. The molecule has 0 aliphatic rings. The molecule has 0 spiro atoms. The van der Waals surface area contributed by atoms with E-state index in [0.29, 0.717) is 0 Å². The number of ketones is 1. The number of carboxylic acid groups (broad SMARTS) is 2. The van der Waals surface area contributed by atoms with Crippen LogP contribution in [0.25, 0.3) is 0 Å². The van der Waals surface area contributed by atoms with E-state index < -0.39 is 24.1 Å². The first-order valence-electron chi connectivity index (χ1n) is 2.97. The van der Waals surface area contributed by atoms with Gasteiger partial charge in [-0.15, -0.1) is 0 Å². The van der Waals surface area contributed by atoms with Crippen molar-refractivity contribution in [2.75, 3.05) is 0 Å². The topological polar surface area (TPSA) is 91.7 Å². The second kappa shape index (κ2) is 10.7. The van der Waals surface area contributed by atoms with Crippen molar-refractivity contribution in [1.82, 2.24) is 0 Å². The summed E-state index contributed by atoms with van der Waals surface area (Å²) in [7, 11) is 0. The number of carbonyl (C=O) groups is 3. The van der Waals surface area contributed by atoms with Gasteiger partial charge in [0.15, 0.2) is 0 Å². The number of aliphatic carboxylic acids is 2. The third-order valence-corrected chi connectivity index (χ3v) is 0.966. The normalized spacial score (nSPS) is 7.69. The Morgan fingerprint density at radius 3 is 1.62 bits per heavy atom. The minimum absolute atomic E-state index is 0. The molecule has 0 aromatic rings. The molecule has 0 amide bonds. The summed E-state index contributed by atoms with van der Waals surface area (Å²) < 4.78 is 0. The van der Waals surface area contributed by atoms with Crippen LogP contribution in [0.15, 0.2) is 0 Å². The summed E-state index contributed by atoms with van der Waals surface area (Å²) in [5, 5.41) is 16.2. The summed E-state index contributed by atoms with van der Waals surface area (Å²) >= 11 is 0. The van der Waals surface area contributed by atoms with E-state index in [2.05, 4.69) is 0 Å². The van der Waals surface area contributed by atoms with Gasteiger partial charge in [-0.2, -0.15) is 0 Å². The predicted octanol–water partition coefficient (Wildman–Crippen LogP) is -1.40. The maximum absolute atomic E-state index is 10.5. The van der Waals surface area contributed by atoms with Crippen LogP contribution in [0, 0.1) is 0 Å². The van der Waals surface area contributed by atoms with Gasteiger partial charge in [0.05, 0.1) is 6.42 Å². The molecule has 0 aliphatic heterocycles. The fraction of sp³-hybridized carbons (Fsp3) is 0.500. The molecule has 0 radical (unpaired) electrons. The zero-order valence-corrected chi connectivity index (χ0v) is 5.74. The molecule has 0 bridgehead atoms. The monoisotopic (exact) mass is 208 g/mol. The first-order chi connectivity index (χ1) is 5.02. The quantitative estimate of drug-likeness (QED) is 0.428. The van der Waals surface area contributed by atoms with Crippen molar-refractivity contribution in [2.24, 2.45) is 0 Å². The number of carboxylic acids is 2. The van der Waals surface area contributed by atoms with E-state index >= 15 is 0 Å². The molecule has 13 heavy (non-hydrogen) atoms. The zero-order chi connectivity index (χ0) is 8.85. The summed E-state index contributed by atoms with van der Waals surface area (Å²) in [5.74, 6) is -2.87. The van der Waals surface area contributed by atoms with Crippen LogP contribution in [-0.2, 0) is 14.4 Å². The van der Waals surface area contributed by atoms with Gasteiger partial charge >= 0.3 is 71.1 Å². The van der Waals surface area contributed by atoms with Crippen molar-refractivity contribution in [3.8, 4) is 0 Å². The van der Waals surface area contributed by atoms with E-state index in [4.69, 9.17) is 10.2 Å². The Morgan fingerprint density at radius 1 is 0.846 bits per heavy atom. The van der Waals surface area contributed by atoms with Crippen LogP contribution in [-0.4, -0.2) is 87.0 Å². The average Bonchev–Trinajstić information content (AvgIpc) is 1.82. The standard InChI is InChI=1S/C6H8O5.2Na.2H/c7-4(3-6(10)11)1-2-5(8)9;;;;/h1-3H2,(H,8,9)(H,10,11);;;;. The molecular formula is C6H10Na2O5. The molecule has 5 nitrogen and oxygen atoms in total. The molecule has 0 heterocycles. The number of hydrogen-bond donors (Lipinski definition) is 2. The fourth-order valence-electron chi connectivity index (χ4n) is 0.503. The predicted molar refractivity (Wildman–Crippen MR) is 48.4 cm³/mol. The van der Waals surface area contributed by atoms with Crippen LogP contribution in [0.1, 0.15) is 19.3 Å². The van der Waals surface area contributed by atoms with Gasteiger partial charge in [-0.25, -0.2) is 0 Å². The second-order valence-corrected chi connectivity index (χ2v) is 2.00. The molecule has 2 N–H and O–H groups in total. The van der Waals surface area contributed by atoms with Crippen LogP contribution < -0.4 is 0 Å². The Hall–Kier alpha value is 0.610. The summed E-state index contributed by atoms with van der Waals surface area (Å²) in [6, 6.07) is 0. The second-order valence-electron chi connectivity index (χ2n) is 2.00. The minimum atomic E-state index is -1.22. The van der Waals surface area contributed by atoms with Crippen molar-refractivity contribution in [1.29, 1.82) is 0 Å². The molecule has 0 aromatic heterocycles. The van der Waals surface area contributed by atoms with Gasteiger partial charge in [-0.3, -0.25) is 14.4 Å². The van der Waals surface area contributed by atoms with Crippen LogP contribution in [0.2, 0.25) is 0 Å². The molecule has 0 aliphatic carbocycles. The van der Waals surface area contributed by atoms with E-state index in [1.807, 2.05) is 0 Å². The average molecular weight is 208 g/mol. The summed E-state index contributed by atoms with van der Waals surface area (Å²) in [6.07, 6.45) is -1.10. The van der Waals surface area contributed by atoms with E-state index in [1.54, 1.807) is 0 Å². The van der Waals surface area contributed by atoms with E-state index in [0.717, 1.165) is 0 Å². The van der Waals surface area contributed by atoms with Gasteiger partial charge < -0.3 is 10.2 Å². The SMILES string of the molecule is O=C(O)CCC(=O)CC(=O)O.[NaH].[NaH]. The van der Waals surface area contributed by atoms with Gasteiger partial charge in [-0.05, 0) is 0 Å². The maximum atomic E-state index is 10.5.